The van der Waals surface area contributed by atoms with E-state index in [1.807, 2.05) is 0 Å². The van der Waals surface area contributed by atoms with Gasteiger partial charge in [-0.2, -0.15) is 0 Å². The second kappa shape index (κ2) is 4.74. The maximum absolute atomic E-state index is 9.42. The molecule has 0 aromatic rings. The van der Waals surface area contributed by atoms with E-state index in [4.69, 9.17) is 9.79 Å². The third-order valence-corrected chi connectivity index (χ3v) is 5.73. The van der Waals surface area contributed by atoms with Gasteiger partial charge in [-0.25, -0.2) is 0 Å². The molecule has 0 bridgehead atoms. The van der Waals surface area contributed by atoms with Gasteiger partial charge in [0.25, 0.3) is 0 Å². The Morgan fingerprint density at radius 1 is 1.08 bits per heavy atom. The Kier molecular flexibility index (Phi) is 4.99. The van der Waals surface area contributed by atoms with Crippen molar-refractivity contribution in [3.05, 3.63) is 0 Å². The molecule has 0 spiro atoms. The van der Waals surface area contributed by atoms with Gasteiger partial charge in [0.05, 0.1) is 0 Å². The van der Waals surface area contributed by atoms with Crippen LogP contribution in [0.4, 0.5) is 0 Å². The predicted octanol–water partition coefficient (Wildman–Crippen LogP) is 0.197. The van der Waals surface area contributed by atoms with Crippen LogP contribution < -0.4 is 0 Å². The van der Waals surface area contributed by atoms with Crippen LogP contribution in [0.5, 0.6) is 0 Å². The second-order valence-corrected chi connectivity index (χ2v) is 6.99. The number of rotatable bonds is 5. The first kappa shape index (κ1) is 12.6. The fraction of sp³-hybridized carbons (Fsp3) is 1.00. The molecule has 0 aromatic heterocycles. The summed E-state index contributed by atoms with van der Waals surface area (Å²) in [5.41, 5.74) is 0. The van der Waals surface area contributed by atoms with E-state index in [-0.39, 0.29) is 6.16 Å². The van der Waals surface area contributed by atoms with Gasteiger partial charge in [-0.05, 0) is 0 Å². The van der Waals surface area contributed by atoms with E-state index in [1.165, 1.54) is 7.11 Å². The van der Waals surface area contributed by atoms with Crippen molar-refractivity contribution >= 4 is 16.1 Å². The van der Waals surface area contributed by atoms with E-state index < -0.39 is 16.1 Å². The summed E-state index contributed by atoms with van der Waals surface area (Å²) < 4.78 is 13.5. The molecule has 6 nitrogen and oxygen atoms in total. The van der Waals surface area contributed by atoms with Crippen LogP contribution in [0.2, 0.25) is 0 Å². The molecule has 8 heteroatoms. The summed E-state index contributed by atoms with van der Waals surface area (Å²) >= 11 is 0. The van der Waals surface area contributed by atoms with Crippen molar-refractivity contribution in [1.82, 2.24) is 0 Å². The van der Waals surface area contributed by atoms with Crippen molar-refractivity contribution in [1.29, 1.82) is 0 Å². The molecule has 0 aliphatic heterocycles. The number of hydrogen-bond donors (Lipinski definition) is 3. The Morgan fingerprint density at radius 3 is 1.83 bits per heavy atom. The summed E-state index contributed by atoms with van der Waals surface area (Å²) in [4.78, 5) is 27.4. The molecule has 0 atom stereocenters. The van der Waals surface area contributed by atoms with Crippen LogP contribution in [0.3, 0.4) is 0 Å². The first-order valence-electron chi connectivity index (χ1n) is 3.36. The Morgan fingerprint density at radius 2 is 1.58 bits per heavy atom. The molecule has 0 heterocycles. The molecule has 12 heavy (non-hydrogen) atoms. The van der Waals surface area contributed by atoms with Crippen LogP contribution >= 0.6 is 16.1 Å². The van der Waals surface area contributed by atoms with Crippen molar-refractivity contribution in [3.8, 4) is 0 Å². The van der Waals surface area contributed by atoms with Crippen LogP contribution in [-0.2, 0) is 13.4 Å². The molecule has 78 valence electrons. The fourth-order valence-corrected chi connectivity index (χ4v) is 3.70. The van der Waals surface area contributed by atoms with E-state index >= 15 is 0 Å². The monoisotopic (exact) mass is 222 g/mol. The summed E-state index contributed by atoms with van der Waals surface area (Å²) in [6, 6.07) is 0. The minimum atomic E-state index is -4.17. The summed E-state index contributed by atoms with van der Waals surface area (Å²) in [7, 11) is -5.25. The topological polar surface area (TPSA) is 88.4 Å². The van der Waals surface area contributed by atoms with Gasteiger partial charge in [0.15, 0.2) is 0 Å². The average Bonchev–Trinajstić information content (AvgIpc) is 2.04. The molecule has 0 fully saturated rings. The molecule has 0 radical (unpaired) electrons. The quantitative estimate of drug-likeness (QED) is 0.576. The van der Waals surface area contributed by atoms with Crippen molar-refractivity contribution < 1.29 is 28.0 Å². The number of hydrogen-bond acceptors (Lipinski definition) is 6. The summed E-state index contributed by atoms with van der Waals surface area (Å²) in [6.07, 6.45) is 0.197. The Bertz CT molecular complexity index is 136. The minimum absolute atomic E-state index is 0.197. The van der Waals surface area contributed by atoms with Gasteiger partial charge in [-0.1, -0.05) is 0 Å². The zero-order valence-corrected chi connectivity index (χ0v) is 9.27. The van der Waals surface area contributed by atoms with Crippen molar-refractivity contribution in [2.45, 2.75) is 6.92 Å². The van der Waals surface area contributed by atoms with E-state index in [2.05, 4.69) is 13.4 Å². The third-order valence-electron chi connectivity index (χ3n) is 1.32. The summed E-state index contributed by atoms with van der Waals surface area (Å²) in [5, 5.41) is 0. The molecule has 0 rings (SSSR count). The summed E-state index contributed by atoms with van der Waals surface area (Å²) in [5.74, 6) is 0. The Labute approximate surface area is 72.3 Å². The molecule has 3 N–H and O–H groups in total. The second-order valence-electron chi connectivity index (χ2n) is 2.13. The summed E-state index contributed by atoms with van der Waals surface area (Å²) in [6.45, 7) is 1.62. The molecule has 0 aliphatic carbocycles. The fourth-order valence-electron chi connectivity index (χ4n) is 0.508. The van der Waals surface area contributed by atoms with Gasteiger partial charge in [0, 0.05) is 0 Å². The van der Waals surface area contributed by atoms with Crippen LogP contribution in [0.15, 0.2) is 0 Å². The standard InChI is InChI=1S/C4H16O6P2/c1-4-11(5,8-2)10-12(6,7)9-3/h5-7,11-12H,4H2,1-3H3. The van der Waals surface area contributed by atoms with Crippen molar-refractivity contribution in [2.75, 3.05) is 20.4 Å². The maximum atomic E-state index is 9.42. The van der Waals surface area contributed by atoms with E-state index in [0.717, 1.165) is 7.11 Å². The van der Waals surface area contributed by atoms with Gasteiger partial charge in [-0.15, -0.1) is 0 Å². The van der Waals surface area contributed by atoms with E-state index in [0.29, 0.717) is 0 Å². The first-order valence-corrected chi connectivity index (χ1v) is 7.05. The van der Waals surface area contributed by atoms with Crippen molar-refractivity contribution in [2.24, 2.45) is 0 Å². The Hall–Kier alpha value is 0.620. The normalized spacial score (nSPS) is 16.2. The first-order chi connectivity index (χ1) is 5.39. The van der Waals surface area contributed by atoms with Crippen LogP contribution in [0.25, 0.3) is 0 Å². The van der Waals surface area contributed by atoms with Gasteiger partial charge < -0.3 is 0 Å². The molecule has 0 saturated heterocycles. The van der Waals surface area contributed by atoms with Gasteiger partial charge in [0.2, 0.25) is 0 Å². The van der Waals surface area contributed by atoms with E-state index in [1.54, 1.807) is 6.92 Å². The molecule has 0 saturated carbocycles. The molecule has 0 unspecified atom stereocenters. The molecule has 0 aliphatic rings. The van der Waals surface area contributed by atoms with Crippen LogP contribution in [0.1, 0.15) is 6.92 Å². The van der Waals surface area contributed by atoms with Gasteiger partial charge in [0.1, 0.15) is 0 Å². The average molecular weight is 222 g/mol. The van der Waals surface area contributed by atoms with Crippen molar-refractivity contribution in [3.63, 3.8) is 0 Å². The predicted molar refractivity (Wildman–Crippen MR) is 48.9 cm³/mol. The Balaban J connectivity index is 4.20. The van der Waals surface area contributed by atoms with Crippen LogP contribution in [0, 0.1) is 0 Å². The molecular formula is C4H16O6P2. The molecule has 0 amide bonds. The molecular weight excluding hydrogens is 206 g/mol. The van der Waals surface area contributed by atoms with Gasteiger partial charge in [-0.3, -0.25) is 0 Å². The zero-order chi connectivity index (χ0) is 9.83. The SMILES string of the molecule is CC[PH](O)(OC)O[PH](O)(O)OC. The zero-order valence-electron chi connectivity index (χ0n) is 7.27. The van der Waals surface area contributed by atoms with Gasteiger partial charge >= 0.3 is 71.5 Å². The van der Waals surface area contributed by atoms with Crippen LogP contribution in [-0.4, -0.2) is 35.1 Å². The molecule has 0 aromatic carbocycles. The third kappa shape index (κ3) is 4.03. The van der Waals surface area contributed by atoms with E-state index in [9.17, 15) is 4.89 Å².